The molecule has 0 aliphatic heterocycles. The van der Waals surface area contributed by atoms with Gasteiger partial charge < -0.3 is 9.29 Å². The molecule has 3 aromatic carbocycles. The second-order valence-electron chi connectivity index (χ2n) is 7.14. The van der Waals surface area contributed by atoms with E-state index in [4.69, 9.17) is 4.74 Å². The monoisotopic (exact) mass is 425 g/mol. The molecule has 2 atom stereocenters. The van der Waals surface area contributed by atoms with Crippen molar-refractivity contribution in [2.45, 2.75) is 25.7 Å². The summed E-state index contributed by atoms with van der Waals surface area (Å²) in [5, 5.41) is 0. The number of ether oxygens (including phenoxy) is 1. The van der Waals surface area contributed by atoms with Crippen LogP contribution in [0, 0.1) is 0 Å². The zero-order valence-corrected chi connectivity index (χ0v) is 17.8. The van der Waals surface area contributed by atoms with Crippen LogP contribution in [0.15, 0.2) is 78.9 Å². The molecule has 0 aromatic heterocycles. The van der Waals surface area contributed by atoms with Crippen molar-refractivity contribution in [2.24, 2.45) is 0 Å². The fourth-order valence-corrected chi connectivity index (χ4v) is 3.72. The minimum absolute atomic E-state index is 0.0425. The van der Waals surface area contributed by atoms with E-state index in [1.165, 1.54) is 5.56 Å². The van der Waals surface area contributed by atoms with E-state index in [0.717, 1.165) is 16.7 Å². The second-order valence-corrected chi connectivity index (χ2v) is 8.19. The molecule has 0 N–H and O–H groups in total. The van der Waals surface area contributed by atoms with Gasteiger partial charge in [-0.05, 0) is 22.8 Å². The van der Waals surface area contributed by atoms with Crippen LogP contribution < -0.4 is 4.74 Å². The molecule has 0 radical (unpaired) electrons. The van der Waals surface area contributed by atoms with Gasteiger partial charge >= 0.3 is 0 Å². The highest BCUT2D eigenvalue weighted by Gasteiger charge is 2.17. The Balaban J connectivity index is 1.89. The molecule has 3 aromatic rings. The fraction of sp³-hybridized carbons (Fsp3) is 0.250. The Bertz CT molecular complexity index is 1050. The number of benzene rings is 3. The highest BCUT2D eigenvalue weighted by Crippen LogP contribution is 2.35. The van der Waals surface area contributed by atoms with Crippen molar-refractivity contribution >= 4 is 10.4 Å². The lowest BCUT2D eigenvalue weighted by Crippen LogP contribution is -2.13. The average Bonchev–Trinajstić information content (AvgIpc) is 2.76. The van der Waals surface area contributed by atoms with Gasteiger partial charge in [-0.1, -0.05) is 86.6 Å². The van der Waals surface area contributed by atoms with Gasteiger partial charge in [0.2, 0.25) is 10.4 Å². The number of rotatable bonds is 9. The zero-order chi connectivity index (χ0) is 21.6. The normalized spacial score (nSPS) is 13.6. The van der Waals surface area contributed by atoms with E-state index in [1.54, 1.807) is 0 Å². The Labute approximate surface area is 178 Å². The summed E-state index contributed by atoms with van der Waals surface area (Å²) in [6, 6.07) is 26.4. The molecule has 0 heterocycles. The van der Waals surface area contributed by atoms with Crippen LogP contribution in [0.3, 0.4) is 0 Å². The van der Waals surface area contributed by atoms with Crippen molar-refractivity contribution in [3.05, 3.63) is 101 Å². The molecule has 0 aliphatic rings. The van der Waals surface area contributed by atoms with E-state index in [-0.39, 0.29) is 25.0 Å². The van der Waals surface area contributed by atoms with Crippen molar-refractivity contribution in [3.63, 3.8) is 0 Å². The van der Waals surface area contributed by atoms with Crippen molar-refractivity contribution in [1.29, 1.82) is 0 Å². The first-order valence-corrected chi connectivity index (χ1v) is 11.2. The van der Waals surface area contributed by atoms with E-state index in [9.17, 15) is 13.0 Å². The first-order valence-electron chi connectivity index (χ1n) is 9.82. The van der Waals surface area contributed by atoms with Crippen LogP contribution in [0.4, 0.5) is 0 Å². The Kier molecular flexibility index (Phi) is 7.26. The summed E-state index contributed by atoms with van der Waals surface area (Å²) in [7, 11) is -4.74. The van der Waals surface area contributed by atoms with E-state index in [2.05, 4.69) is 48.4 Å². The number of hydrogen-bond donors (Lipinski definition) is 0. The SMILES string of the molecule is CC(c1ccccc1)c1ccc(C(C)c2ccccc2)c(OCCOS(=O)(=O)[O-])c1. The molecule has 3 rings (SSSR count). The molecule has 2 unspecified atom stereocenters. The fourth-order valence-electron chi connectivity index (χ4n) is 3.45. The highest BCUT2D eigenvalue weighted by atomic mass is 32.3. The molecule has 30 heavy (non-hydrogen) atoms. The van der Waals surface area contributed by atoms with Crippen LogP contribution in [-0.2, 0) is 14.6 Å². The molecule has 0 spiro atoms. The van der Waals surface area contributed by atoms with E-state index >= 15 is 0 Å². The third-order valence-electron chi connectivity index (χ3n) is 5.17. The molecule has 0 amide bonds. The van der Waals surface area contributed by atoms with Gasteiger partial charge in [0.05, 0.1) is 6.61 Å². The molecule has 0 saturated carbocycles. The van der Waals surface area contributed by atoms with E-state index in [1.807, 2.05) is 48.5 Å². The topological polar surface area (TPSA) is 75.7 Å². The minimum atomic E-state index is -4.74. The van der Waals surface area contributed by atoms with Crippen molar-refractivity contribution in [2.75, 3.05) is 13.2 Å². The molecule has 5 nitrogen and oxygen atoms in total. The summed E-state index contributed by atoms with van der Waals surface area (Å²) in [4.78, 5) is 0. The summed E-state index contributed by atoms with van der Waals surface area (Å²) in [6.45, 7) is 3.85. The Morgan fingerprint density at radius 2 is 1.33 bits per heavy atom. The summed E-state index contributed by atoms with van der Waals surface area (Å²) in [6.07, 6.45) is 0. The van der Waals surface area contributed by atoms with Crippen LogP contribution in [-0.4, -0.2) is 26.2 Å². The van der Waals surface area contributed by atoms with Gasteiger partial charge in [-0.15, -0.1) is 0 Å². The number of hydrogen-bond acceptors (Lipinski definition) is 5. The average molecular weight is 426 g/mol. The smallest absolute Gasteiger partial charge is 0.217 e. The van der Waals surface area contributed by atoms with Gasteiger partial charge in [-0.3, -0.25) is 4.18 Å². The minimum Gasteiger partial charge on any atom is -0.726 e. The maximum atomic E-state index is 10.7. The molecule has 0 fully saturated rings. The highest BCUT2D eigenvalue weighted by molar-refractivity contribution is 7.80. The van der Waals surface area contributed by atoms with Gasteiger partial charge in [-0.2, -0.15) is 0 Å². The van der Waals surface area contributed by atoms with Crippen LogP contribution in [0.5, 0.6) is 5.75 Å². The van der Waals surface area contributed by atoms with Crippen molar-refractivity contribution in [1.82, 2.24) is 0 Å². The summed E-state index contributed by atoms with van der Waals surface area (Å²) < 4.78 is 42.2. The molecule has 0 saturated heterocycles. The Morgan fingerprint density at radius 3 is 1.90 bits per heavy atom. The van der Waals surface area contributed by atoms with Crippen molar-refractivity contribution < 1.29 is 21.9 Å². The summed E-state index contributed by atoms with van der Waals surface area (Å²) in [5.74, 6) is 0.887. The van der Waals surface area contributed by atoms with Crippen LogP contribution in [0.2, 0.25) is 0 Å². The molecule has 0 bridgehead atoms. The molecule has 158 valence electrons. The Hall–Kier alpha value is -2.67. The predicted octanol–water partition coefficient (Wildman–Crippen LogP) is 4.85. The zero-order valence-electron chi connectivity index (χ0n) is 17.0. The first kappa shape index (κ1) is 22.0. The van der Waals surface area contributed by atoms with Crippen molar-refractivity contribution in [3.8, 4) is 5.75 Å². The maximum absolute atomic E-state index is 10.7. The van der Waals surface area contributed by atoms with E-state index < -0.39 is 10.4 Å². The van der Waals surface area contributed by atoms with E-state index in [0.29, 0.717) is 5.75 Å². The predicted molar refractivity (Wildman–Crippen MR) is 116 cm³/mol. The third-order valence-corrected chi connectivity index (χ3v) is 5.63. The van der Waals surface area contributed by atoms with Crippen LogP contribution in [0.1, 0.15) is 47.9 Å². The lowest BCUT2D eigenvalue weighted by molar-refractivity contribution is 0.197. The summed E-state index contributed by atoms with van der Waals surface area (Å²) in [5.41, 5.74) is 4.39. The standard InChI is InChI=1S/C24H26O5S/c1-18(20-9-5-3-6-10-20)22-13-14-23(19(2)21-11-7-4-8-12-21)24(17-22)28-15-16-29-30(25,26)27/h3-14,17-19H,15-16H2,1-2H3,(H,25,26,27)/p-1. The first-order chi connectivity index (χ1) is 14.3. The largest absolute Gasteiger partial charge is 0.726 e. The molecule has 6 heteroatoms. The maximum Gasteiger partial charge on any atom is 0.217 e. The molecular formula is C24H25O5S-. The van der Waals surface area contributed by atoms with Gasteiger partial charge in [0.25, 0.3) is 0 Å². The summed E-state index contributed by atoms with van der Waals surface area (Å²) >= 11 is 0. The lowest BCUT2D eigenvalue weighted by atomic mass is 9.88. The second kappa shape index (κ2) is 9.89. The van der Waals surface area contributed by atoms with Crippen LogP contribution >= 0.6 is 0 Å². The van der Waals surface area contributed by atoms with Crippen LogP contribution in [0.25, 0.3) is 0 Å². The third kappa shape index (κ3) is 5.92. The Morgan fingerprint density at radius 1 is 0.767 bits per heavy atom. The van der Waals surface area contributed by atoms with Gasteiger partial charge in [0.1, 0.15) is 12.4 Å². The molecular weight excluding hydrogens is 400 g/mol. The van der Waals surface area contributed by atoms with Gasteiger partial charge in [-0.25, -0.2) is 8.42 Å². The van der Waals surface area contributed by atoms with Gasteiger partial charge in [0, 0.05) is 17.4 Å². The molecule has 0 aliphatic carbocycles. The quantitative estimate of drug-likeness (QED) is 0.278. The van der Waals surface area contributed by atoms with Gasteiger partial charge in [0.15, 0.2) is 0 Å². The lowest BCUT2D eigenvalue weighted by Gasteiger charge is -2.21.